The molecule has 0 atom stereocenters. The second kappa shape index (κ2) is 3.94. The molecule has 1 aromatic rings. The molecule has 0 saturated heterocycles. The zero-order valence-electron chi connectivity index (χ0n) is 7.21. The average molecular weight is 180 g/mol. The number of halogens is 1. The van der Waals surface area contributed by atoms with E-state index in [1.54, 1.807) is 12.1 Å². The third-order valence-electron chi connectivity index (χ3n) is 1.63. The van der Waals surface area contributed by atoms with Crippen LogP contribution in [0.1, 0.15) is 22.8 Å². The standard InChI is InChI=1S/C10H9FO2/c1-7(12)6-8-2-4-9(5-3-8)10(11)13/h2-5H,6H2,1H3. The van der Waals surface area contributed by atoms with Gasteiger partial charge in [-0.05, 0) is 24.6 Å². The summed E-state index contributed by atoms with van der Waals surface area (Å²) in [6, 6.07) is 4.46. The molecule has 0 spiro atoms. The molecule has 1 rings (SSSR count). The van der Waals surface area contributed by atoms with Crippen LogP contribution in [0.4, 0.5) is 4.39 Å². The summed E-state index contributed by atoms with van der Waals surface area (Å²) >= 11 is 0. The van der Waals surface area contributed by atoms with Crippen LogP contribution in [0.5, 0.6) is 0 Å². The Morgan fingerprint density at radius 2 is 1.77 bits per heavy atom. The highest BCUT2D eigenvalue weighted by Gasteiger charge is 2.03. The van der Waals surface area contributed by atoms with Crippen LogP contribution in [-0.4, -0.2) is 11.8 Å². The van der Waals surface area contributed by atoms with Gasteiger partial charge >= 0.3 is 6.04 Å². The van der Waals surface area contributed by atoms with Gasteiger partial charge in [-0.3, -0.25) is 9.59 Å². The quantitative estimate of drug-likeness (QED) is 0.666. The number of ketones is 1. The van der Waals surface area contributed by atoms with Gasteiger partial charge in [0, 0.05) is 6.42 Å². The van der Waals surface area contributed by atoms with E-state index >= 15 is 0 Å². The van der Waals surface area contributed by atoms with E-state index in [-0.39, 0.29) is 11.3 Å². The summed E-state index contributed by atoms with van der Waals surface area (Å²) < 4.78 is 12.1. The van der Waals surface area contributed by atoms with Gasteiger partial charge in [0.25, 0.3) is 0 Å². The fourth-order valence-corrected chi connectivity index (χ4v) is 1.04. The Labute approximate surface area is 75.4 Å². The highest BCUT2D eigenvalue weighted by Crippen LogP contribution is 2.06. The molecule has 0 aliphatic carbocycles. The first-order valence-corrected chi connectivity index (χ1v) is 3.88. The molecule has 0 saturated carbocycles. The fraction of sp³-hybridized carbons (Fsp3) is 0.200. The van der Waals surface area contributed by atoms with Gasteiger partial charge in [0.15, 0.2) is 0 Å². The summed E-state index contributed by atoms with van der Waals surface area (Å²) in [5.74, 6) is 0.0410. The third-order valence-corrected chi connectivity index (χ3v) is 1.63. The van der Waals surface area contributed by atoms with Crippen LogP contribution in [0.25, 0.3) is 0 Å². The van der Waals surface area contributed by atoms with Gasteiger partial charge in [-0.15, -0.1) is 0 Å². The van der Waals surface area contributed by atoms with Crippen molar-refractivity contribution in [3.05, 3.63) is 35.4 Å². The molecule has 0 N–H and O–H groups in total. The minimum absolute atomic E-state index is 0.0207. The van der Waals surface area contributed by atoms with E-state index in [1.807, 2.05) is 0 Å². The predicted octanol–water partition coefficient (Wildman–Crippen LogP) is 1.93. The average Bonchev–Trinajstić information content (AvgIpc) is 2.04. The summed E-state index contributed by atoms with van der Waals surface area (Å²) in [5, 5.41) is 0. The predicted molar refractivity (Wildman–Crippen MR) is 46.3 cm³/mol. The maximum Gasteiger partial charge on any atom is 0.332 e. The lowest BCUT2D eigenvalue weighted by atomic mass is 10.1. The number of hydrogen-bond acceptors (Lipinski definition) is 2. The molecule has 0 amide bonds. The van der Waals surface area contributed by atoms with Crippen LogP contribution in [0.3, 0.4) is 0 Å². The lowest BCUT2D eigenvalue weighted by molar-refractivity contribution is -0.116. The van der Waals surface area contributed by atoms with Gasteiger partial charge in [0.05, 0.1) is 5.56 Å². The number of Topliss-reactive ketones (excluding diaryl/α,β-unsaturated/α-hetero) is 1. The first-order valence-electron chi connectivity index (χ1n) is 3.88. The third kappa shape index (κ3) is 2.78. The van der Waals surface area contributed by atoms with E-state index < -0.39 is 6.04 Å². The molecule has 0 aliphatic heterocycles. The van der Waals surface area contributed by atoms with Crippen molar-refractivity contribution in [1.29, 1.82) is 0 Å². The van der Waals surface area contributed by atoms with Gasteiger partial charge in [0.1, 0.15) is 5.78 Å². The molecule has 2 nitrogen and oxygen atoms in total. The molecule has 0 bridgehead atoms. The van der Waals surface area contributed by atoms with Crippen molar-refractivity contribution in [1.82, 2.24) is 0 Å². The van der Waals surface area contributed by atoms with Gasteiger partial charge < -0.3 is 0 Å². The van der Waals surface area contributed by atoms with Crippen LogP contribution in [0.15, 0.2) is 24.3 Å². The second-order valence-electron chi connectivity index (χ2n) is 2.85. The highest BCUT2D eigenvalue weighted by molar-refractivity contribution is 5.88. The lowest BCUT2D eigenvalue weighted by Gasteiger charge is -1.97. The van der Waals surface area contributed by atoms with Gasteiger partial charge in [0.2, 0.25) is 0 Å². The summed E-state index contributed by atoms with van der Waals surface area (Å²) in [5.41, 5.74) is 0.810. The van der Waals surface area contributed by atoms with Crippen LogP contribution < -0.4 is 0 Å². The number of rotatable bonds is 3. The number of carbonyl (C=O) groups excluding carboxylic acids is 2. The van der Waals surface area contributed by atoms with Crippen LogP contribution in [-0.2, 0) is 11.2 Å². The molecule has 0 radical (unpaired) electrons. The summed E-state index contributed by atoms with van der Waals surface area (Å²) in [7, 11) is 0. The number of benzene rings is 1. The van der Waals surface area contributed by atoms with Crippen molar-refractivity contribution < 1.29 is 14.0 Å². The van der Waals surface area contributed by atoms with Crippen LogP contribution in [0.2, 0.25) is 0 Å². The van der Waals surface area contributed by atoms with E-state index in [9.17, 15) is 14.0 Å². The molecule has 13 heavy (non-hydrogen) atoms. The second-order valence-corrected chi connectivity index (χ2v) is 2.85. The highest BCUT2D eigenvalue weighted by atomic mass is 19.1. The van der Waals surface area contributed by atoms with Crippen molar-refractivity contribution >= 4 is 11.8 Å². The Bertz CT molecular complexity index is 327. The van der Waals surface area contributed by atoms with Crippen molar-refractivity contribution in [3.63, 3.8) is 0 Å². The summed E-state index contributed by atoms with van der Waals surface area (Å²) in [4.78, 5) is 20.9. The van der Waals surface area contributed by atoms with Gasteiger partial charge in [-0.2, -0.15) is 4.39 Å². The van der Waals surface area contributed by atoms with Crippen molar-refractivity contribution in [2.24, 2.45) is 0 Å². The summed E-state index contributed by atoms with van der Waals surface area (Å²) in [6.45, 7) is 1.48. The normalized spacial score (nSPS) is 9.69. The molecule has 0 fully saturated rings. The Kier molecular flexibility index (Phi) is 2.90. The molecule has 0 unspecified atom stereocenters. The SMILES string of the molecule is CC(=O)Cc1ccc(C(=O)F)cc1. The van der Waals surface area contributed by atoms with Gasteiger partial charge in [-0.1, -0.05) is 12.1 Å². The van der Waals surface area contributed by atoms with Crippen molar-refractivity contribution in [3.8, 4) is 0 Å². The molecule has 0 aliphatic rings. The molecule has 3 heteroatoms. The minimum Gasteiger partial charge on any atom is -0.300 e. The Morgan fingerprint density at radius 3 is 2.15 bits per heavy atom. The van der Waals surface area contributed by atoms with E-state index in [0.717, 1.165) is 5.56 Å². The number of hydrogen-bond donors (Lipinski definition) is 0. The largest absolute Gasteiger partial charge is 0.332 e. The Balaban J connectivity index is 2.81. The van der Waals surface area contributed by atoms with E-state index in [0.29, 0.717) is 6.42 Å². The maximum atomic E-state index is 12.1. The zero-order chi connectivity index (χ0) is 9.84. The smallest absolute Gasteiger partial charge is 0.300 e. The molecular formula is C10H9FO2. The first kappa shape index (κ1) is 9.58. The van der Waals surface area contributed by atoms with Gasteiger partial charge in [-0.25, -0.2) is 0 Å². The fourth-order valence-electron chi connectivity index (χ4n) is 1.04. The first-order chi connectivity index (χ1) is 6.09. The maximum absolute atomic E-state index is 12.1. The molecule has 68 valence electrons. The molecular weight excluding hydrogens is 171 g/mol. The van der Waals surface area contributed by atoms with E-state index in [2.05, 4.69) is 0 Å². The minimum atomic E-state index is -1.45. The zero-order valence-corrected chi connectivity index (χ0v) is 7.21. The van der Waals surface area contributed by atoms with Crippen LogP contribution in [0, 0.1) is 0 Å². The molecule has 0 aromatic heterocycles. The van der Waals surface area contributed by atoms with E-state index in [1.165, 1.54) is 19.1 Å². The number of carbonyl (C=O) groups is 2. The molecule has 1 aromatic carbocycles. The Morgan fingerprint density at radius 1 is 1.23 bits per heavy atom. The van der Waals surface area contributed by atoms with Crippen molar-refractivity contribution in [2.45, 2.75) is 13.3 Å². The lowest BCUT2D eigenvalue weighted by Crippen LogP contribution is -1.97. The topological polar surface area (TPSA) is 34.1 Å². The summed E-state index contributed by atoms with van der Waals surface area (Å²) in [6.07, 6.45) is 0.320. The Hall–Kier alpha value is -1.51. The monoisotopic (exact) mass is 180 g/mol. The van der Waals surface area contributed by atoms with E-state index in [4.69, 9.17) is 0 Å². The van der Waals surface area contributed by atoms with Crippen molar-refractivity contribution in [2.75, 3.05) is 0 Å². The molecule has 0 heterocycles. The van der Waals surface area contributed by atoms with Crippen LogP contribution >= 0.6 is 0 Å².